The summed E-state index contributed by atoms with van der Waals surface area (Å²) in [5.74, 6) is -0.803. The Bertz CT molecular complexity index is 671. The van der Waals surface area contributed by atoms with Gasteiger partial charge < -0.3 is 5.32 Å². The summed E-state index contributed by atoms with van der Waals surface area (Å²) in [6, 6.07) is 11.8. The quantitative estimate of drug-likeness (QED) is 0.893. The predicted molar refractivity (Wildman–Crippen MR) is 76.4 cm³/mol. The number of aryl methyl sites for hydroxylation is 1. The summed E-state index contributed by atoms with van der Waals surface area (Å²) < 4.78 is 13.2. The van der Waals surface area contributed by atoms with Crippen molar-refractivity contribution in [3.05, 3.63) is 70.0 Å². The zero-order chi connectivity index (χ0) is 14.1. The fraction of sp³-hybridized carbons (Fsp3) is 0.188. The van der Waals surface area contributed by atoms with E-state index in [9.17, 15) is 9.18 Å². The molecule has 0 spiro atoms. The van der Waals surface area contributed by atoms with Gasteiger partial charge in [-0.3, -0.25) is 4.79 Å². The van der Waals surface area contributed by atoms with E-state index in [-0.39, 0.29) is 22.5 Å². The van der Waals surface area contributed by atoms with Gasteiger partial charge in [0.25, 0.3) is 5.91 Å². The summed E-state index contributed by atoms with van der Waals surface area (Å²) >= 11 is 5.95. The van der Waals surface area contributed by atoms with E-state index in [0.717, 1.165) is 18.4 Å². The largest absolute Gasteiger partial charge is 0.345 e. The molecule has 0 saturated carbocycles. The third-order valence-electron chi connectivity index (χ3n) is 3.61. The van der Waals surface area contributed by atoms with Gasteiger partial charge in [0, 0.05) is 0 Å². The number of carbonyl (C=O) groups excluding carboxylic acids is 1. The Hall–Kier alpha value is -1.87. The Kier molecular flexibility index (Phi) is 3.45. The summed E-state index contributed by atoms with van der Waals surface area (Å²) in [5.41, 5.74) is 2.56. The zero-order valence-electron chi connectivity index (χ0n) is 10.7. The molecule has 4 heteroatoms. The highest BCUT2D eigenvalue weighted by Crippen LogP contribution is 2.31. The van der Waals surface area contributed by atoms with Crippen LogP contribution in [-0.4, -0.2) is 5.91 Å². The van der Waals surface area contributed by atoms with Gasteiger partial charge in [-0.05, 0) is 42.2 Å². The first-order valence-electron chi connectivity index (χ1n) is 6.49. The van der Waals surface area contributed by atoms with Crippen LogP contribution in [0.1, 0.15) is 33.9 Å². The maximum atomic E-state index is 13.2. The van der Waals surface area contributed by atoms with Gasteiger partial charge in [0.2, 0.25) is 0 Å². The number of hydrogen-bond acceptors (Lipinski definition) is 1. The van der Waals surface area contributed by atoms with E-state index in [1.807, 2.05) is 18.2 Å². The smallest absolute Gasteiger partial charge is 0.253 e. The molecule has 2 aromatic rings. The molecule has 0 bridgehead atoms. The van der Waals surface area contributed by atoms with Crippen LogP contribution in [0.15, 0.2) is 42.5 Å². The van der Waals surface area contributed by atoms with Crippen molar-refractivity contribution in [3.63, 3.8) is 0 Å². The maximum Gasteiger partial charge on any atom is 0.253 e. The van der Waals surface area contributed by atoms with Gasteiger partial charge >= 0.3 is 0 Å². The molecule has 1 N–H and O–H groups in total. The molecule has 1 amide bonds. The van der Waals surface area contributed by atoms with Crippen LogP contribution >= 0.6 is 11.6 Å². The van der Waals surface area contributed by atoms with Crippen LogP contribution in [0.5, 0.6) is 0 Å². The minimum atomic E-state index is -0.466. The molecule has 102 valence electrons. The second kappa shape index (κ2) is 5.25. The highest BCUT2D eigenvalue weighted by atomic mass is 35.5. The summed E-state index contributed by atoms with van der Waals surface area (Å²) in [7, 11) is 0. The average molecular weight is 290 g/mol. The molecule has 0 unspecified atom stereocenters. The molecule has 1 atom stereocenters. The number of rotatable bonds is 2. The molecule has 0 aliphatic heterocycles. The molecule has 1 aliphatic rings. The number of halogens is 2. The van der Waals surface area contributed by atoms with Gasteiger partial charge in [-0.2, -0.15) is 0 Å². The fourth-order valence-electron chi connectivity index (χ4n) is 2.61. The first-order chi connectivity index (χ1) is 9.65. The van der Waals surface area contributed by atoms with E-state index in [2.05, 4.69) is 11.4 Å². The minimum Gasteiger partial charge on any atom is -0.345 e. The molecule has 0 radical (unpaired) electrons. The molecule has 0 fully saturated rings. The normalized spacial score (nSPS) is 16.8. The third kappa shape index (κ3) is 2.41. The van der Waals surface area contributed by atoms with E-state index < -0.39 is 5.82 Å². The Labute approximate surface area is 121 Å². The Morgan fingerprint density at radius 3 is 2.90 bits per heavy atom. The van der Waals surface area contributed by atoms with Crippen LogP contribution in [0, 0.1) is 5.82 Å². The number of hydrogen-bond donors (Lipinski definition) is 1. The average Bonchev–Trinajstić information content (AvgIpc) is 2.85. The van der Waals surface area contributed by atoms with Gasteiger partial charge in [0.1, 0.15) is 5.82 Å². The lowest BCUT2D eigenvalue weighted by atomic mass is 10.1. The summed E-state index contributed by atoms with van der Waals surface area (Å²) in [5, 5.41) is 3.19. The first-order valence-corrected chi connectivity index (χ1v) is 6.86. The number of nitrogens with one attached hydrogen (secondary N) is 1. The summed E-state index contributed by atoms with van der Waals surface area (Å²) in [4.78, 5) is 12.2. The van der Waals surface area contributed by atoms with Gasteiger partial charge in [0.05, 0.1) is 16.6 Å². The molecule has 2 aromatic carbocycles. The van der Waals surface area contributed by atoms with Gasteiger partial charge in [0.15, 0.2) is 0 Å². The topological polar surface area (TPSA) is 29.1 Å². The molecular weight excluding hydrogens is 277 g/mol. The standard InChI is InChI=1S/C16H13ClFNO/c17-14-7-6-11(18)9-13(14)16(20)19-15-8-5-10-3-1-2-4-12(10)15/h1-4,6-7,9,15H,5,8H2,(H,19,20)/t15-/m1/s1. The molecule has 0 aromatic heterocycles. The number of amides is 1. The monoisotopic (exact) mass is 289 g/mol. The molecule has 0 heterocycles. The summed E-state index contributed by atoms with van der Waals surface area (Å²) in [6.45, 7) is 0. The van der Waals surface area contributed by atoms with Crippen LogP contribution in [0.2, 0.25) is 5.02 Å². The van der Waals surface area contributed by atoms with Crippen molar-refractivity contribution in [3.8, 4) is 0 Å². The van der Waals surface area contributed by atoms with Crippen molar-refractivity contribution in [2.75, 3.05) is 0 Å². The number of fused-ring (bicyclic) bond motifs is 1. The SMILES string of the molecule is O=C(N[C@@H]1CCc2ccccc21)c1cc(F)ccc1Cl. The maximum absolute atomic E-state index is 13.2. The third-order valence-corrected chi connectivity index (χ3v) is 3.94. The second-order valence-corrected chi connectivity index (χ2v) is 5.29. The van der Waals surface area contributed by atoms with Crippen LogP contribution < -0.4 is 5.32 Å². The van der Waals surface area contributed by atoms with Crippen molar-refractivity contribution >= 4 is 17.5 Å². The van der Waals surface area contributed by atoms with Gasteiger partial charge in [-0.15, -0.1) is 0 Å². The lowest BCUT2D eigenvalue weighted by Gasteiger charge is -2.14. The molecule has 2 nitrogen and oxygen atoms in total. The molecule has 3 rings (SSSR count). The fourth-order valence-corrected chi connectivity index (χ4v) is 2.82. The highest BCUT2D eigenvalue weighted by molar-refractivity contribution is 6.33. The summed E-state index contributed by atoms with van der Waals surface area (Å²) in [6.07, 6.45) is 1.80. The van der Waals surface area contributed by atoms with Crippen molar-refractivity contribution in [1.29, 1.82) is 0 Å². The second-order valence-electron chi connectivity index (χ2n) is 4.89. The molecule has 20 heavy (non-hydrogen) atoms. The van der Waals surface area contributed by atoms with Gasteiger partial charge in [-0.1, -0.05) is 35.9 Å². The van der Waals surface area contributed by atoms with Crippen LogP contribution in [-0.2, 0) is 6.42 Å². The van der Waals surface area contributed by atoms with E-state index in [4.69, 9.17) is 11.6 Å². The highest BCUT2D eigenvalue weighted by Gasteiger charge is 2.24. The Balaban J connectivity index is 1.82. The number of benzene rings is 2. The minimum absolute atomic E-state index is 0.0296. The van der Waals surface area contributed by atoms with Crippen molar-refractivity contribution in [1.82, 2.24) is 5.32 Å². The lowest BCUT2D eigenvalue weighted by Crippen LogP contribution is -2.27. The van der Waals surface area contributed by atoms with E-state index in [0.29, 0.717) is 0 Å². The Morgan fingerprint density at radius 1 is 1.25 bits per heavy atom. The van der Waals surface area contributed by atoms with Crippen LogP contribution in [0.25, 0.3) is 0 Å². The van der Waals surface area contributed by atoms with E-state index in [1.54, 1.807) is 0 Å². The Morgan fingerprint density at radius 2 is 2.05 bits per heavy atom. The first kappa shape index (κ1) is 13.1. The van der Waals surface area contributed by atoms with Crippen LogP contribution in [0.3, 0.4) is 0 Å². The van der Waals surface area contributed by atoms with E-state index >= 15 is 0 Å². The number of carbonyl (C=O) groups is 1. The van der Waals surface area contributed by atoms with Crippen molar-refractivity contribution < 1.29 is 9.18 Å². The van der Waals surface area contributed by atoms with Crippen molar-refractivity contribution in [2.24, 2.45) is 0 Å². The molecule has 1 aliphatic carbocycles. The zero-order valence-corrected chi connectivity index (χ0v) is 11.5. The van der Waals surface area contributed by atoms with E-state index in [1.165, 1.54) is 23.8 Å². The van der Waals surface area contributed by atoms with Crippen molar-refractivity contribution in [2.45, 2.75) is 18.9 Å². The predicted octanol–water partition coefficient (Wildman–Crippen LogP) is 3.90. The molecular formula is C16H13ClFNO. The molecule has 0 saturated heterocycles. The lowest BCUT2D eigenvalue weighted by molar-refractivity contribution is 0.0936. The van der Waals surface area contributed by atoms with Crippen LogP contribution in [0.4, 0.5) is 4.39 Å². The van der Waals surface area contributed by atoms with Gasteiger partial charge in [-0.25, -0.2) is 4.39 Å².